The Hall–Kier alpha value is -3.45. The predicted molar refractivity (Wildman–Crippen MR) is 151 cm³/mol. The molecule has 4 aromatic rings. The van der Waals surface area contributed by atoms with E-state index in [1.165, 1.54) is 5.56 Å². The number of benzene rings is 3. The van der Waals surface area contributed by atoms with Crippen molar-refractivity contribution < 1.29 is 14.3 Å². The van der Waals surface area contributed by atoms with E-state index in [0.717, 1.165) is 36.3 Å². The number of ether oxygens (including phenoxy) is 1. The van der Waals surface area contributed by atoms with Crippen molar-refractivity contribution in [1.29, 1.82) is 0 Å². The SMILES string of the molecule is CCC(OC(=O)c1c2c(nc3ccccc13)CCN(Cc1ccccc1)C2)C(=O)Nc1cc(Cl)ccc1Cl. The topological polar surface area (TPSA) is 71.5 Å². The molecular formula is C30H27Cl2N3O3. The molecule has 0 saturated carbocycles. The van der Waals surface area contributed by atoms with Crippen molar-refractivity contribution in [2.75, 3.05) is 11.9 Å². The van der Waals surface area contributed by atoms with Gasteiger partial charge in [-0.2, -0.15) is 0 Å². The summed E-state index contributed by atoms with van der Waals surface area (Å²) in [5, 5.41) is 4.23. The van der Waals surface area contributed by atoms with Crippen LogP contribution in [0.25, 0.3) is 10.9 Å². The fraction of sp³-hybridized carbons (Fsp3) is 0.233. The fourth-order valence-electron chi connectivity index (χ4n) is 4.77. The number of amides is 1. The quantitative estimate of drug-likeness (QED) is 0.261. The van der Waals surface area contributed by atoms with Gasteiger partial charge in [0.25, 0.3) is 5.91 Å². The molecule has 0 fully saturated rings. The van der Waals surface area contributed by atoms with Gasteiger partial charge in [-0.25, -0.2) is 4.79 Å². The number of anilines is 1. The minimum absolute atomic E-state index is 0.293. The van der Waals surface area contributed by atoms with E-state index in [2.05, 4.69) is 22.3 Å². The van der Waals surface area contributed by atoms with E-state index in [4.69, 9.17) is 32.9 Å². The lowest BCUT2D eigenvalue weighted by Gasteiger charge is -2.30. The zero-order valence-corrected chi connectivity index (χ0v) is 22.4. The Labute approximate surface area is 231 Å². The molecule has 38 heavy (non-hydrogen) atoms. The Morgan fingerprint density at radius 1 is 1.05 bits per heavy atom. The zero-order valence-electron chi connectivity index (χ0n) is 20.9. The normalized spacial score (nSPS) is 14.1. The number of halogens is 2. The highest BCUT2D eigenvalue weighted by molar-refractivity contribution is 6.35. The number of para-hydroxylation sites is 1. The minimum Gasteiger partial charge on any atom is -0.449 e. The first kappa shape index (κ1) is 26.2. The van der Waals surface area contributed by atoms with Gasteiger partial charge >= 0.3 is 5.97 Å². The van der Waals surface area contributed by atoms with Crippen LogP contribution in [0.2, 0.25) is 10.0 Å². The molecule has 0 radical (unpaired) electrons. The molecule has 2 heterocycles. The van der Waals surface area contributed by atoms with Gasteiger partial charge in [0.1, 0.15) is 0 Å². The summed E-state index contributed by atoms with van der Waals surface area (Å²) in [6, 6.07) is 22.6. The number of fused-ring (bicyclic) bond motifs is 2. The van der Waals surface area contributed by atoms with Gasteiger partial charge in [-0.3, -0.25) is 14.7 Å². The van der Waals surface area contributed by atoms with Crippen LogP contribution in [0.5, 0.6) is 0 Å². The molecule has 6 nitrogen and oxygen atoms in total. The number of carbonyl (C=O) groups excluding carboxylic acids is 2. The molecule has 0 aliphatic carbocycles. The number of nitrogens with zero attached hydrogens (tertiary/aromatic N) is 2. The lowest BCUT2D eigenvalue weighted by atomic mass is 9.95. The van der Waals surface area contributed by atoms with Crippen LogP contribution < -0.4 is 5.32 Å². The maximum Gasteiger partial charge on any atom is 0.340 e. The molecule has 194 valence electrons. The number of pyridine rings is 1. The molecule has 3 aromatic carbocycles. The van der Waals surface area contributed by atoms with Crippen LogP contribution in [-0.2, 0) is 29.0 Å². The van der Waals surface area contributed by atoms with Crippen LogP contribution >= 0.6 is 23.2 Å². The summed E-state index contributed by atoms with van der Waals surface area (Å²) in [7, 11) is 0. The van der Waals surface area contributed by atoms with E-state index in [9.17, 15) is 9.59 Å². The summed E-state index contributed by atoms with van der Waals surface area (Å²) in [5.74, 6) is -1.01. The van der Waals surface area contributed by atoms with Crippen molar-refractivity contribution in [2.24, 2.45) is 0 Å². The van der Waals surface area contributed by atoms with Crippen molar-refractivity contribution in [3.63, 3.8) is 0 Å². The summed E-state index contributed by atoms with van der Waals surface area (Å²) in [6.07, 6.45) is 0.00317. The number of hydrogen-bond acceptors (Lipinski definition) is 5. The Bertz CT molecular complexity index is 1490. The summed E-state index contributed by atoms with van der Waals surface area (Å²) in [4.78, 5) is 34.0. The maximum atomic E-state index is 13.7. The Morgan fingerprint density at radius 2 is 1.82 bits per heavy atom. The Morgan fingerprint density at radius 3 is 2.61 bits per heavy atom. The second-order valence-electron chi connectivity index (χ2n) is 9.29. The fourth-order valence-corrected chi connectivity index (χ4v) is 5.11. The van der Waals surface area contributed by atoms with Crippen LogP contribution in [0.3, 0.4) is 0 Å². The first-order chi connectivity index (χ1) is 18.4. The highest BCUT2D eigenvalue weighted by Crippen LogP contribution is 2.30. The van der Waals surface area contributed by atoms with Crippen LogP contribution in [0.15, 0.2) is 72.8 Å². The number of hydrogen-bond donors (Lipinski definition) is 1. The molecule has 1 N–H and O–H groups in total. The van der Waals surface area contributed by atoms with E-state index in [-0.39, 0.29) is 0 Å². The molecule has 1 aromatic heterocycles. The molecule has 5 rings (SSSR count). The van der Waals surface area contributed by atoms with E-state index < -0.39 is 18.0 Å². The molecule has 1 atom stereocenters. The van der Waals surface area contributed by atoms with Crippen LogP contribution in [0.4, 0.5) is 5.69 Å². The molecule has 1 aliphatic heterocycles. The number of carbonyl (C=O) groups is 2. The molecule has 0 saturated heterocycles. The number of aromatic nitrogens is 1. The number of rotatable bonds is 7. The van der Waals surface area contributed by atoms with Gasteiger partial charge in [-0.15, -0.1) is 0 Å². The Kier molecular flexibility index (Phi) is 7.93. The highest BCUT2D eigenvalue weighted by atomic mass is 35.5. The second-order valence-corrected chi connectivity index (χ2v) is 10.1. The monoisotopic (exact) mass is 547 g/mol. The van der Waals surface area contributed by atoms with E-state index in [1.807, 2.05) is 42.5 Å². The van der Waals surface area contributed by atoms with Gasteiger partial charge in [0.05, 0.1) is 21.8 Å². The molecule has 1 amide bonds. The van der Waals surface area contributed by atoms with Crippen LogP contribution in [-0.4, -0.2) is 34.4 Å². The molecule has 0 spiro atoms. The van der Waals surface area contributed by atoms with Gasteiger partial charge < -0.3 is 10.1 Å². The Balaban J connectivity index is 1.43. The van der Waals surface area contributed by atoms with Gasteiger partial charge in [0, 0.05) is 47.7 Å². The molecule has 1 aliphatic rings. The van der Waals surface area contributed by atoms with Crippen molar-refractivity contribution in [2.45, 2.75) is 39.0 Å². The van der Waals surface area contributed by atoms with E-state index >= 15 is 0 Å². The largest absolute Gasteiger partial charge is 0.449 e. The minimum atomic E-state index is -1.01. The van der Waals surface area contributed by atoms with Crippen molar-refractivity contribution in [3.05, 3.63) is 105 Å². The van der Waals surface area contributed by atoms with Gasteiger partial charge in [0.15, 0.2) is 6.10 Å². The smallest absolute Gasteiger partial charge is 0.340 e. The van der Waals surface area contributed by atoms with Gasteiger partial charge in [-0.1, -0.05) is 78.7 Å². The maximum absolute atomic E-state index is 13.7. The summed E-state index contributed by atoms with van der Waals surface area (Å²) >= 11 is 12.3. The predicted octanol–water partition coefficient (Wildman–Crippen LogP) is 6.67. The lowest BCUT2D eigenvalue weighted by molar-refractivity contribution is -0.124. The van der Waals surface area contributed by atoms with Crippen molar-refractivity contribution in [3.8, 4) is 0 Å². The molecule has 1 unspecified atom stereocenters. The number of nitrogens with one attached hydrogen (secondary N) is 1. The standard InChI is InChI=1S/C30H27Cl2N3O3/c1-2-27(29(36)34-26-16-20(31)12-13-23(26)32)38-30(37)28-21-10-6-7-11-24(21)33-25-14-15-35(18-22(25)28)17-19-8-4-3-5-9-19/h3-13,16,27H,2,14-15,17-18H2,1H3,(H,34,36). The van der Waals surface area contributed by atoms with Crippen molar-refractivity contribution in [1.82, 2.24) is 9.88 Å². The lowest BCUT2D eigenvalue weighted by Crippen LogP contribution is -2.35. The van der Waals surface area contributed by atoms with Gasteiger partial charge in [0.2, 0.25) is 0 Å². The first-order valence-corrected chi connectivity index (χ1v) is 13.3. The van der Waals surface area contributed by atoms with E-state index in [1.54, 1.807) is 25.1 Å². The third kappa shape index (κ3) is 5.68. The average Bonchev–Trinajstić information content (AvgIpc) is 2.92. The third-order valence-electron chi connectivity index (χ3n) is 6.68. The summed E-state index contributed by atoms with van der Waals surface area (Å²) < 4.78 is 5.84. The van der Waals surface area contributed by atoms with Crippen molar-refractivity contribution >= 4 is 51.7 Å². The highest BCUT2D eigenvalue weighted by Gasteiger charge is 2.30. The van der Waals surface area contributed by atoms with Gasteiger partial charge in [-0.05, 0) is 36.2 Å². The second kappa shape index (κ2) is 11.5. The van der Waals surface area contributed by atoms with Crippen LogP contribution in [0.1, 0.15) is 40.5 Å². The first-order valence-electron chi connectivity index (χ1n) is 12.6. The summed E-state index contributed by atoms with van der Waals surface area (Å²) in [6.45, 7) is 3.95. The van der Waals surface area contributed by atoms with E-state index in [0.29, 0.717) is 39.6 Å². The number of esters is 1. The molecular weight excluding hydrogens is 521 g/mol. The molecule has 0 bridgehead atoms. The molecule has 8 heteroatoms. The third-order valence-corrected chi connectivity index (χ3v) is 7.24. The zero-order chi connectivity index (χ0) is 26.6. The van der Waals surface area contributed by atoms with Crippen LogP contribution in [0, 0.1) is 0 Å². The summed E-state index contributed by atoms with van der Waals surface area (Å²) in [5.41, 5.74) is 4.51. The average molecular weight is 548 g/mol.